The lowest BCUT2D eigenvalue weighted by molar-refractivity contribution is 0.0925. The topological polar surface area (TPSA) is 78.3 Å². The molecule has 0 spiro atoms. The molecule has 2 heterocycles. The molecular formula is C21H22N4O3. The van der Waals surface area contributed by atoms with E-state index in [0.29, 0.717) is 18.8 Å². The van der Waals surface area contributed by atoms with E-state index in [9.17, 15) is 4.79 Å². The van der Waals surface area contributed by atoms with Crippen molar-refractivity contribution in [1.82, 2.24) is 20.1 Å². The molecule has 0 aliphatic carbocycles. The van der Waals surface area contributed by atoms with Gasteiger partial charge in [0.2, 0.25) is 0 Å². The Balaban J connectivity index is 1.52. The van der Waals surface area contributed by atoms with Crippen LogP contribution in [0.4, 0.5) is 0 Å². The van der Waals surface area contributed by atoms with Crippen LogP contribution in [0, 0.1) is 5.92 Å². The Morgan fingerprint density at radius 3 is 2.50 bits per heavy atom. The molecule has 1 aliphatic rings. The van der Waals surface area contributed by atoms with Gasteiger partial charge in [-0.25, -0.2) is 9.67 Å². The summed E-state index contributed by atoms with van der Waals surface area (Å²) >= 11 is 0. The van der Waals surface area contributed by atoms with Gasteiger partial charge in [0.15, 0.2) is 11.5 Å². The third-order valence-electron chi connectivity index (χ3n) is 4.69. The Bertz CT molecular complexity index is 952. The highest BCUT2D eigenvalue weighted by Gasteiger charge is 2.22. The maximum Gasteiger partial charge on any atom is 0.251 e. The highest BCUT2D eigenvalue weighted by Crippen LogP contribution is 2.34. The number of fused-ring (bicyclic) bond motifs is 1. The first-order valence-electron chi connectivity index (χ1n) is 9.27. The highest BCUT2D eigenvalue weighted by molar-refractivity contribution is 5.94. The van der Waals surface area contributed by atoms with Crippen LogP contribution in [0.1, 0.15) is 35.8 Å². The van der Waals surface area contributed by atoms with E-state index in [-0.39, 0.29) is 17.9 Å². The van der Waals surface area contributed by atoms with Crippen LogP contribution in [0.3, 0.4) is 0 Å². The van der Waals surface area contributed by atoms with Crippen molar-refractivity contribution in [3.63, 3.8) is 0 Å². The number of benzene rings is 2. The van der Waals surface area contributed by atoms with Crippen molar-refractivity contribution < 1.29 is 14.3 Å². The van der Waals surface area contributed by atoms with Crippen LogP contribution in [-0.2, 0) is 0 Å². The van der Waals surface area contributed by atoms with Crippen LogP contribution in [0.15, 0.2) is 55.1 Å². The monoisotopic (exact) mass is 378 g/mol. The standard InChI is InChI=1S/C21H22N4O3/c1-14(2)20(16-5-8-18-19(11-16)28-10-9-27-18)24-21(26)15-3-6-17(7-4-15)25-13-22-12-23-25/h3-8,11-14,20H,9-10H2,1-2H3,(H,24,26). The lowest BCUT2D eigenvalue weighted by Gasteiger charge is -2.25. The summed E-state index contributed by atoms with van der Waals surface area (Å²) in [7, 11) is 0. The van der Waals surface area contributed by atoms with Gasteiger partial charge in [0.05, 0.1) is 11.7 Å². The van der Waals surface area contributed by atoms with Gasteiger partial charge >= 0.3 is 0 Å². The van der Waals surface area contributed by atoms with E-state index in [2.05, 4.69) is 29.2 Å². The van der Waals surface area contributed by atoms with E-state index in [1.165, 1.54) is 6.33 Å². The van der Waals surface area contributed by atoms with Gasteiger partial charge in [-0.3, -0.25) is 4.79 Å². The summed E-state index contributed by atoms with van der Waals surface area (Å²) in [5, 5.41) is 7.23. The number of nitrogens with zero attached hydrogens (tertiary/aromatic N) is 3. The molecule has 7 nitrogen and oxygen atoms in total. The second-order valence-corrected chi connectivity index (χ2v) is 6.99. The first kappa shape index (κ1) is 18.0. The predicted molar refractivity (Wildman–Crippen MR) is 104 cm³/mol. The molecule has 2 aromatic carbocycles. The second-order valence-electron chi connectivity index (χ2n) is 6.99. The van der Waals surface area contributed by atoms with Gasteiger partial charge < -0.3 is 14.8 Å². The molecule has 4 rings (SSSR count). The molecule has 1 aliphatic heterocycles. The van der Waals surface area contributed by atoms with Crippen molar-refractivity contribution in [2.75, 3.05) is 13.2 Å². The Hall–Kier alpha value is -3.35. The van der Waals surface area contributed by atoms with Gasteiger partial charge in [-0.15, -0.1) is 0 Å². The molecule has 0 fully saturated rings. The van der Waals surface area contributed by atoms with E-state index in [4.69, 9.17) is 9.47 Å². The number of rotatable bonds is 5. The molecule has 1 aromatic heterocycles. The molecule has 1 atom stereocenters. The normalized spacial score (nSPS) is 14.0. The van der Waals surface area contributed by atoms with E-state index < -0.39 is 0 Å². The quantitative estimate of drug-likeness (QED) is 0.738. The fraction of sp³-hybridized carbons (Fsp3) is 0.286. The zero-order chi connectivity index (χ0) is 19.5. The molecule has 1 N–H and O–H groups in total. The zero-order valence-electron chi connectivity index (χ0n) is 15.8. The van der Waals surface area contributed by atoms with E-state index in [0.717, 1.165) is 22.7 Å². The Morgan fingerprint density at radius 2 is 1.82 bits per heavy atom. The van der Waals surface area contributed by atoms with E-state index in [1.54, 1.807) is 23.1 Å². The molecule has 0 saturated heterocycles. The van der Waals surface area contributed by atoms with Crippen LogP contribution < -0.4 is 14.8 Å². The molecule has 1 unspecified atom stereocenters. The minimum atomic E-state index is -0.140. The van der Waals surface area contributed by atoms with Crippen LogP contribution in [0.5, 0.6) is 11.5 Å². The Morgan fingerprint density at radius 1 is 1.07 bits per heavy atom. The number of hydrogen-bond donors (Lipinski definition) is 1. The molecule has 0 saturated carbocycles. The first-order valence-corrected chi connectivity index (χ1v) is 9.27. The lowest BCUT2D eigenvalue weighted by atomic mass is 9.95. The molecule has 28 heavy (non-hydrogen) atoms. The second kappa shape index (κ2) is 7.72. The third kappa shape index (κ3) is 3.69. The zero-order valence-corrected chi connectivity index (χ0v) is 15.8. The van der Waals surface area contributed by atoms with E-state index in [1.807, 2.05) is 30.3 Å². The largest absolute Gasteiger partial charge is 0.486 e. The summed E-state index contributed by atoms with van der Waals surface area (Å²) in [6.07, 6.45) is 3.09. The van der Waals surface area contributed by atoms with Gasteiger partial charge in [0.25, 0.3) is 5.91 Å². The number of hydrogen-bond acceptors (Lipinski definition) is 5. The van der Waals surface area contributed by atoms with Gasteiger partial charge in [-0.1, -0.05) is 19.9 Å². The maximum atomic E-state index is 12.8. The van der Waals surface area contributed by atoms with Crippen molar-refractivity contribution in [3.05, 3.63) is 66.2 Å². The number of carbonyl (C=O) groups excluding carboxylic acids is 1. The third-order valence-corrected chi connectivity index (χ3v) is 4.69. The molecule has 1 amide bonds. The van der Waals surface area contributed by atoms with Crippen LogP contribution >= 0.6 is 0 Å². The number of carbonyl (C=O) groups is 1. The number of ether oxygens (including phenoxy) is 2. The molecule has 0 radical (unpaired) electrons. The Labute approximate surface area is 163 Å². The molecule has 144 valence electrons. The first-order chi connectivity index (χ1) is 13.6. The molecular weight excluding hydrogens is 356 g/mol. The average Bonchev–Trinajstić information content (AvgIpc) is 3.26. The van der Waals surface area contributed by atoms with Crippen molar-refractivity contribution >= 4 is 5.91 Å². The van der Waals surface area contributed by atoms with Gasteiger partial charge in [-0.05, 0) is 47.9 Å². The predicted octanol–water partition coefficient (Wildman–Crippen LogP) is 3.17. The van der Waals surface area contributed by atoms with Crippen molar-refractivity contribution in [2.45, 2.75) is 19.9 Å². The van der Waals surface area contributed by atoms with Crippen LogP contribution in [-0.4, -0.2) is 33.9 Å². The molecule has 7 heteroatoms. The summed E-state index contributed by atoms with van der Waals surface area (Å²) in [6.45, 7) is 5.25. The van der Waals surface area contributed by atoms with Gasteiger partial charge in [-0.2, -0.15) is 5.10 Å². The SMILES string of the molecule is CC(C)C(NC(=O)c1ccc(-n2cncn2)cc1)c1ccc2c(c1)OCCO2. The highest BCUT2D eigenvalue weighted by atomic mass is 16.6. The number of amides is 1. The minimum absolute atomic E-state index is 0.126. The number of aromatic nitrogens is 3. The summed E-state index contributed by atoms with van der Waals surface area (Å²) in [5.74, 6) is 1.55. The van der Waals surface area contributed by atoms with Crippen molar-refractivity contribution in [3.8, 4) is 17.2 Å². The van der Waals surface area contributed by atoms with Crippen molar-refractivity contribution in [1.29, 1.82) is 0 Å². The fourth-order valence-electron chi connectivity index (χ4n) is 3.22. The van der Waals surface area contributed by atoms with Gasteiger partial charge in [0.1, 0.15) is 25.9 Å². The maximum absolute atomic E-state index is 12.8. The summed E-state index contributed by atoms with van der Waals surface area (Å²) in [5.41, 5.74) is 2.43. The molecule has 3 aromatic rings. The summed E-state index contributed by atoms with van der Waals surface area (Å²) in [6, 6.07) is 13.0. The smallest absolute Gasteiger partial charge is 0.251 e. The van der Waals surface area contributed by atoms with E-state index >= 15 is 0 Å². The van der Waals surface area contributed by atoms with Crippen LogP contribution in [0.2, 0.25) is 0 Å². The van der Waals surface area contributed by atoms with Crippen LogP contribution in [0.25, 0.3) is 5.69 Å². The average molecular weight is 378 g/mol. The fourth-order valence-corrected chi connectivity index (χ4v) is 3.22. The number of nitrogens with one attached hydrogen (secondary N) is 1. The molecule has 0 bridgehead atoms. The lowest BCUT2D eigenvalue weighted by Crippen LogP contribution is -2.32. The van der Waals surface area contributed by atoms with Crippen molar-refractivity contribution in [2.24, 2.45) is 5.92 Å². The Kier molecular flexibility index (Phi) is 4.97. The minimum Gasteiger partial charge on any atom is -0.486 e. The summed E-state index contributed by atoms with van der Waals surface area (Å²) in [4.78, 5) is 16.8. The summed E-state index contributed by atoms with van der Waals surface area (Å²) < 4.78 is 12.9. The van der Waals surface area contributed by atoms with Gasteiger partial charge in [0, 0.05) is 5.56 Å².